The molecule has 0 aromatic heterocycles. The van der Waals surface area contributed by atoms with Crippen LogP contribution in [0.3, 0.4) is 0 Å². The van der Waals surface area contributed by atoms with Gasteiger partial charge in [-0.3, -0.25) is 5.21 Å². The van der Waals surface area contributed by atoms with E-state index in [-0.39, 0.29) is 0 Å². The molecule has 0 unspecified atom stereocenters. The number of hydrogen-bond donors (Lipinski definition) is 1. The number of hydrogen-bond acceptors (Lipinski definition) is 3. The summed E-state index contributed by atoms with van der Waals surface area (Å²) >= 11 is 1.29. The highest BCUT2D eigenvalue weighted by Crippen LogP contribution is 2.25. The van der Waals surface area contributed by atoms with Crippen LogP contribution < -0.4 is 4.47 Å². The summed E-state index contributed by atoms with van der Waals surface area (Å²) in [5, 5.41) is 9.77. The van der Waals surface area contributed by atoms with Crippen molar-refractivity contribution >= 4 is 17.6 Å². The summed E-state index contributed by atoms with van der Waals surface area (Å²) in [6, 6.07) is 19.2. The first-order valence-electron chi connectivity index (χ1n) is 4.63. The third kappa shape index (κ3) is 2.75. The molecular formula is C12H11NOS. The molecule has 0 amide bonds. The van der Waals surface area contributed by atoms with Gasteiger partial charge < -0.3 is 0 Å². The van der Waals surface area contributed by atoms with E-state index in [9.17, 15) is 5.21 Å². The fourth-order valence-electron chi connectivity index (χ4n) is 1.19. The highest BCUT2D eigenvalue weighted by molar-refractivity contribution is 8.00. The molecule has 15 heavy (non-hydrogen) atoms. The average Bonchev–Trinajstić information content (AvgIpc) is 2.31. The molecule has 3 heteroatoms. The first-order chi connectivity index (χ1) is 7.36. The molecule has 2 aromatic carbocycles. The van der Waals surface area contributed by atoms with Crippen LogP contribution in [0.25, 0.3) is 0 Å². The van der Waals surface area contributed by atoms with E-state index >= 15 is 0 Å². The van der Waals surface area contributed by atoms with E-state index < -0.39 is 0 Å². The van der Waals surface area contributed by atoms with E-state index in [0.29, 0.717) is 0 Å². The Morgan fingerprint density at radius 1 is 0.800 bits per heavy atom. The summed E-state index contributed by atoms with van der Waals surface area (Å²) in [6.07, 6.45) is 0. The summed E-state index contributed by atoms with van der Waals surface area (Å²) in [5.74, 6) is 0. The summed E-state index contributed by atoms with van der Waals surface area (Å²) < 4.78 is 1.16. The van der Waals surface area contributed by atoms with Crippen molar-refractivity contribution in [1.29, 1.82) is 0 Å². The van der Waals surface area contributed by atoms with Crippen LogP contribution in [0.4, 0.5) is 5.69 Å². The van der Waals surface area contributed by atoms with Crippen LogP contribution in [0, 0.1) is 0 Å². The van der Waals surface area contributed by atoms with Crippen molar-refractivity contribution in [2.45, 2.75) is 4.90 Å². The number of rotatable bonds is 3. The SMILES string of the molecule is ON(Sc1ccccc1)c1ccccc1. The van der Waals surface area contributed by atoms with Gasteiger partial charge in [-0.2, -0.15) is 4.47 Å². The number of benzene rings is 2. The molecular weight excluding hydrogens is 206 g/mol. The topological polar surface area (TPSA) is 23.5 Å². The van der Waals surface area contributed by atoms with Crippen molar-refractivity contribution in [3.63, 3.8) is 0 Å². The lowest BCUT2D eigenvalue weighted by Crippen LogP contribution is -2.06. The molecule has 0 saturated heterocycles. The van der Waals surface area contributed by atoms with Crippen LogP contribution in [0.15, 0.2) is 65.6 Å². The molecule has 0 radical (unpaired) electrons. The summed E-state index contributed by atoms with van der Waals surface area (Å²) in [7, 11) is 0. The zero-order valence-electron chi connectivity index (χ0n) is 8.08. The Bertz CT molecular complexity index is 404. The number of para-hydroxylation sites is 1. The van der Waals surface area contributed by atoms with E-state index in [4.69, 9.17) is 0 Å². The standard InChI is InChI=1S/C12H11NOS/c14-13(11-7-3-1-4-8-11)15-12-9-5-2-6-10-12/h1-10,14H. The zero-order valence-corrected chi connectivity index (χ0v) is 8.89. The van der Waals surface area contributed by atoms with Crippen LogP contribution in [0.1, 0.15) is 0 Å². The molecule has 0 saturated carbocycles. The highest BCUT2D eigenvalue weighted by atomic mass is 32.2. The van der Waals surface area contributed by atoms with Crippen molar-refractivity contribution in [3.05, 3.63) is 60.7 Å². The lowest BCUT2D eigenvalue weighted by atomic mass is 10.3. The molecule has 0 aliphatic carbocycles. The molecule has 2 rings (SSSR count). The third-order valence-corrected chi connectivity index (χ3v) is 2.78. The Balaban J connectivity index is 2.08. The second kappa shape index (κ2) is 4.87. The molecule has 0 aliphatic rings. The summed E-state index contributed by atoms with van der Waals surface area (Å²) in [4.78, 5) is 1.00. The molecule has 0 fully saturated rings. The predicted octanol–water partition coefficient (Wildman–Crippen LogP) is 3.59. The fraction of sp³-hybridized carbons (Fsp3) is 0. The smallest absolute Gasteiger partial charge is 0.0768 e. The third-order valence-electron chi connectivity index (χ3n) is 1.91. The largest absolute Gasteiger partial charge is 0.277 e. The Labute approximate surface area is 93.3 Å². The molecule has 76 valence electrons. The second-order valence-electron chi connectivity index (χ2n) is 3.01. The fourth-order valence-corrected chi connectivity index (χ4v) is 1.90. The van der Waals surface area contributed by atoms with Gasteiger partial charge in [-0.25, -0.2) is 0 Å². The van der Waals surface area contributed by atoms with E-state index in [0.717, 1.165) is 15.1 Å². The molecule has 0 aliphatic heterocycles. The van der Waals surface area contributed by atoms with Crippen LogP contribution in [0.2, 0.25) is 0 Å². The van der Waals surface area contributed by atoms with Crippen LogP contribution >= 0.6 is 11.9 Å². The van der Waals surface area contributed by atoms with Gasteiger partial charge in [0, 0.05) is 16.8 Å². The van der Waals surface area contributed by atoms with E-state index in [2.05, 4.69) is 0 Å². The van der Waals surface area contributed by atoms with Crippen molar-refractivity contribution in [1.82, 2.24) is 0 Å². The Hall–Kier alpha value is -1.45. The summed E-state index contributed by atoms with van der Waals surface area (Å²) in [5.41, 5.74) is 0.770. The van der Waals surface area contributed by atoms with Crippen molar-refractivity contribution in [2.24, 2.45) is 0 Å². The lowest BCUT2D eigenvalue weighted by Gasteiger charge is -2.14. The number of anilines is 1. The van der Waals surface area contributed by atoms with Crippen LogP contribution in [-0.4, -0.2) is 5.21 Å². The maximum atomic E-state index is 9.77. The molecule has 0 heterocycles. The zero-order chi connectivity index (χ0) is 10.5. The van der Waals surface area contributed by atoms with Gasteiger partial charge in [0.05, 0.1) is 5.69 Å². The van der Waals surface area contributed by atoms with E-state index in [1.807, 2.05) is 60.7 Å². The molecule has 0 bridgehead atoms. The van der Waals surface area contributed by atoms with Crippen molar-refractivity contribution in [2.75, 3.05) is 4.47 Å². The van der Waals surface area contributed by atoms with Gasteiger partial charge in [0.2, 0.25) is 0 Å². The van der Waals surface area contributed by atoms with Crippen molar-refractivity contribution < 1.29 is 5.21 Å². The van der Waals surface area contributed by atoms with Gasteiger partial charge >= 0.3 is 0 Å². The van der Waals surface area contributed by atoms with E-state index in [1.165, 1.54) is 11.9 Å². The first kappa shape index (κ1) is 10.1. The minimum Gasteiger partial charge on any atom is -0.277 e. The normalized spacial score (nSPS) is 9.93. The maximum Gasteiger partial charge on any atom is 0.0768 e. The maximum absolute atomic E-state index is 9.77. The lowest BCUT2D eigenvalue weighted by molar-refractivity contribution is 0.332. The van der Waals surface area contributed by atoms with Gasteiger partial charge in [0.25, 0.3) is 0 Å². The number of nitrogens with zero attached hydrogens (tertiary/aromatic N) is 1. The van der Waals surface area contributed by atoms with Gasteiger partial charge in [0.15, 0.2) is 0 Å². The Kier molecular flexibility index (Phi) is 3.27. The quantitative estimate of drug-likeness (QED) is 0.627. The Morgan fingerprint density at radius 2 is 1.33 bits per heavy atom. The minimum atomic E-state index is 0.770. The van der Waals surface area contributed by atoms with Gasteiger partial charge in [-0.15, -0.1) is 0 Å². The van der Waals surface area contributed by atoms with E-state index in [1.54, 1.807) is 0 Å². The predicted molar refractivity (Wildman–Crippen MR) is 63.0 cm³/mol. The minimum absolute atomic E-state index is 0.770. The molecule has 2 nitrogen and oxygen atoms in total. The van der Waals surface area contributed by atoms with Crippen molar-refractivity contribution in [3.8, 4) is 0 Å². The van der Waals surface area contributed by atoms with Crippen LogP contribution in [0.5, 0.6) is 0 Å². The van der Waals surface area contributed by atoms with Gasteiger partial charge in [-0.05, 0) is 24.3 Å². The monoisotopic (exact) mass is 217 g/mol. The summed E-state index contributed by atoms with van der Waals surface area (Å²) in [6.45, 7) is 0. The molecule has 1 N–H and O–H groups in total. The second-order valence-corrected chi connectivity index (χ2v) is 4.01. The van der Waals surface area contributed by atoms with Crippen LogP contribution in [-0.2, 0) is 0 Å². The highest BCUT2D eigenvalue weighted by Gasteiger charge is 2.03. The molecule has 0 spiro atoms. The van der Waals surface area contributed by atoms with Gasteiger partial charge in [0.1, 0.15) is 0 Å². The Morgan fingerprint density at radius 3 is 1.93 bits per heavy atom. The molecule has 2 aromatic rings. The molecule has 0 atom stereocenters. The first-order valence-corrected chi connectivity index (χ1v) is 5.41. The average molecular weight is 217 g/mol. The van der Waals surface area contributed by atoms with Gasteiger partial charge in [-0.1, -0.05) is 36.4 Å².